The third-order valence-corrected chi connectivity index (χ3v) is 5.18. The highest BCUT2D eigenvalue weighted by atomic mass is 35.5. The maximum absolute atomic E-state index is 12.7. The Bertz CT molecular complexity index is 912. The quantitative estimate of drug-likeness (QED) is 0.729. The number of hydrogen-bond donors (Lipinski definition) is 2. The minimum absolute atomic E-state index is 0. The van der Waals surface area contributed by atoms with Crippen molar-refractivity contribution >= 4 is 30.1 Å². The Morgan fingerprint density at radius 3 is 2.39 bits per heavy atom. The zero-order chi connectivity index (χ0) is 19.0. The number of nitrogens with two attached hydrogens (primary N) is 1. The van der Waals surface area contributed by atoms with Gasteiger partial charge in [-0.1, -0.05) is 30.3 Å². The summed E-state index contributed by atoms with van der Waals surface area (Å²) in [4.78, 5) is 39.1. The van der Waals surface area contributed by atoms with Crippen molar-refractivity contribution in [3.8, 4) is 0 Å². The van der Waals surface area contributed by atoms with Crippen molar-refractivity contribution < 1.29 is 14.4 Å². The topological polar surface area (TPSA) is 92.5 Å². The number of benzene rings is 2. The second-order valence-corrected chi connectivity index (χ2v) is 7.10. The standard InChI is InChI=1S/C21H21N3O3.ClH/c22-11-18(14-6-7-14)23-19(25)15-8-9-16-17(10-15)21(27)24(20(16)26)12-13-4-2-1-3-5-13;/h1-5,8-10,14,18H,6-7,11-12,22H2,(H,23,25);1H. The predicted molar refractivity (Wildman–Crippen MR) is 107 cm³/mol. The SMILES string of the molecule is Cl.NCC(NC(=O)c1ccc2c(c1)C(=O)N(Cc1ccccc1)C2=O)C1CC1. The van der Waals surface area contributed by atoms with Gasteiger partial charge in [-0.25, -0.2) is 0 Å². The van der Waals surface area contributed by atoms with Crippen molar-refractivity contribution in [3.05, 3.63) is 70.8 Å². The predicted octanol–water partition coefficient (Wildman–Crippen LogP) is 2.37. The molecule has 1 fully saturated rings. The first-order valence-electron chi connectivity index (χ1n) is 9.13. The number of carbonyl (C=O) groups is 3. The number of halogens is 1. The van der Waals surface area contributed by atoms with E-state index in [0.717, 1.165) is 18.4 Å². The molecule has 1 saturated carbocycles. The molecule has 0 radical (unpaired) electrons. The molecule has 0 bridgehead atoms. The highest BCUT2D eigenvalue weighted by Crippen LogP contribution is 2.32. The number of hydrogen-bond acceptors (Lipinski definition) is 4. The Morgan fingerprint density at radius 1 is 1.07 bits per heavy atom. The van der Waals surface area contributed by atoms with Gasteiger partial charge in [-0.15, -0.1) is 12.4 Å². The van der Waals surface area contributed by atoms with E-state index in [-0.39, 0.29) is 48.3 Å². The van der Waals surface area contributed by atoms with Crippen molar-refractivity contribution in [1.29, 1.82) is 0 Å². The first-order chi connectivity index (χ1) is 13.1. The van der Waals surface area contributed by atoms with Gasteiger partial charge < -0.3 is 11.1 Å². The van der Waals surface area contributed by atoms with Gasteiger partial charge in [0.15, 0.2) is 0 Å². The number of rotatable bonds is 6. The van der Waals surface area contributed by atoms with Crippen LogP contribution in [0.4, 0.5) is 0 Å². The van der Waals surface area contributed by atoms with Gasteiger partial charge in [-0.05, 0) is 42.5 Å². The fourth-order valence-corrected chi connectivity index (χ4v) is 3.46. The molecule has 1 aliphatic heterocycles. The zero-order valence-electron chi connectivity index (χ0n) is 15.3. The summed E-state index contributed by atoms with van der Waals surface area (Å²) >= 11 is 0. The number of imide groups is 1. The smallest absolute Gasteiger partial charge is 0.261 e. The summed E-state index contributed by atoms with van der Waals surface area (Å²) in [6, 6.07) is 14.0. The molecule has 0 saturated heterocycles. The van der Waals surface area contributed by atoms with Crippen molar-refractivity contribution in [2.45, 2.75) is 25.4 Å². The lowest BCUT2D eigenvalue weighted by Gasteiger charge is -2.16. The fraction of sp³-hybridized carbons (Fsp3) is 0.286. The minimum atomic E-state index is -0.369. The Labute approximate surface area is 169 Å². The molecule has 2 aromatic carbocycles. The number of fused-ring (bicyclic) bond motifs is 1. The molecule has 6 nitrogen and oxygen atoms in total. The zero-order valence-corrected chi connectivity index (χ0v) is 16.1. The van der Waals surface area contributed by atoms with E-state index in [9.17, 15) is 14.4 Å². The summed E-state index contributed by atoms with van der Waals surface area (Å²) in [7, 11) is 0. The lowest BCUT2D eigenvalue weighted by atomic mass is 10.0. The van der Waals surface area contributed by atoms with Gasteiger partial charge >= 0.3 is 0 Å². The largest absolute Gasteiger partial charge is 0.348 e. The summed E-state index contributed by atoms with van der Waals surface area (Å²) in [5.74, 6) is -0.519. The van der Waals surface area contributed by atoms with E-state index >= 15 is 0 Å². The molecule has 0 spiro atoms. The maximum Gasteiger partial charge on any atom is 0.261 e. The summed E-state index contributed by atoms with van der Waals surface area (Å²) in [6.45, 7) is 0.606. The highest BCUT2D eigenvalue weighted by molar-refractivity contribution is 6.22. The summed E-state index contributed by atoms with van der Waals surface area (Å²) in [6.07, 6.45) is 2.15. The third kappa shape index (κ3) is 3.79. The molecule has 7 heteroatoms. The van der Waals surface area contributed by atoms with Gasteiger partial charge in [0.1, 0.15) is 0 Å². The summed E-state index contributed by atoms with van der Waals surface area (Å²) < 4.78 is 0. The van der Waals surface area contributed by atoms with Crippen molar-refractivity contribution in [2.75, 3.05) is 6.54 Å². The van der Waals surface area contributed by atoms with E-state index in [4.69, 9.17) is 5.73 Å². The van der Waals surface area contributed by atoms with Gasteiger partial charge in [-0.2, -0.15) is 0 Å². The molecule has 0 aromatic heterocycles. The van der Waals surface area contributed by atoms with E-state index in [1.807, 2.05) is 30.3 Å². The Kier molecular flexibility index (Phi) is 5.82. The van der Waals surface area contributed by atoms with Crippen LogP contribution in [0.25, 0.3) is 0 Å². The molecular weight excluding hydrogens is 378 g/mol. The van der Waals surface area contributed by atoms with Gasteiger partial charge in [0.05, 0.1) is 17.7 Å². The number of carbonyl (C=O) groups excluding carboxylic acids is 3. The average Bonchev–Trinajstić information content (AvgIpc) is 3.51. The first kappa shape index (κ1) is 20.0. The molecule has 4 rings (SSSR count). The average molecular weight is 400 g/mol. The number of nitrogens with one attached hydrogen (secondary N) is 1. The van der Waals surface area contributed by atoms with Crippen molar-refractivity contribution in [2.24, 2.45) is 11.7 Å². The van der Waals surface area contributed by atoms with Crippen LogP contribution >= 0.6 is 12.4 Å². The highest BCUT2D eigenvalue weighted by Gasteiger charge is 2.36. The van der Waals surface area contributed by atoms with Crippen molar-refractivity contribution in [3.63, 3.8) is 0 Å². The second-order valence-electron chi connectivity index (χ2n) is 7.10. The number of nitrogens with zero attached hydrogens (tertiary/aromatic N) is 1. The lowest BCUT2D eigenvalue weighted by molar-refractivity contribution is 0.0642. The molecule has 1 unspecified atom stereocenters. The molecule has 2 aromatic rings. The van der Waals surface area contributed by atoms with E-state index < -0.39 is 0 Å². The van der Waals surface area contributed by atoms with E-state index in [2.05, 4.69) is 5.32 Å². The van der Waals surface area contributed by atoms with E-state index in [1.54, 1.807) is 12.1 Å². The molecule has 1 atom stereocenters. The fourth-order valence-electron chi connectivity index (χ4n) is 3.46. The third-order valence-electron chi connectivity index (χ3n) is 5.18. The van der Waals surface area contributed by atoms with Crippen LogP contribution < -0.4 is 11.1 Å². The lowest BCUT2D eigenvalue weighted by Crippen LogP contribution is -2.41. The van der Waals surface area contributed by atoms with Gasteiger partial charge in [-0.3, -0.25) is 19.3 Å². The molecule has 28 heavy (non-hydrogen) atoms. The van der Waals surface area contributed by atoms with Crippen LogP contribution in [0.1, 0.15) is 49.5 Å². The molecule has 3 amide bonds. The Morgan fingerprint density at radius 2 is 1.75 bits per heavy atom. The Hall–Kier alpha value is -2.70. The van der Waals surface area contributed by atoms with Crippen LogP contribution in [0.3, 0.4) is 0 Å². The first-order valence-corrected chi connectivity index (χ1v) is 9.13. The van der Waals surface area contributed by atoms with Crippen LogP contribution in [0, 0.1) is 5.92 Å². The van der Waals surface area contributed by atoms with Crippen molar-refractivity contribution in [1.82, 2.24) is 10.2 Å². The van der Waals surface area contributed by atoms with Crippen LogP contribution in [0.2, 0.25) is 0 Å². The maximum atomic E-state index is 12.7. The summed E-state index contributed by atoms with van der Waals surface area (Å²) in [5.41, 5.74) is 7.60. The summed E-state index contributed by atoms with van der Waals surface area (Å²) in [5, 5.41) is 2.94. The van der Waals surface area contributed by atoms with Crippen LogP contribution in [-0.4, -0.2) is 35.2 Å². The molecule has 1 aliphatic carbocycles. The van der Waals surface area contributed by atoms with E-state index in [0.29, 0.717) is 23.6 Å². The van der Waals surface area contributed by atoms with Crippen LogP contribution in [0.15, 0.2) is 48.5 Å². The Balaban J connectivity index is 0.00000225. The van der Waals surface area contributed by atoms with Gasteiger partial charge in [0, 0.05) is 18.2 Å². The molecule has 1 heterocycles. The normalized spacial score (nSPS) is 16.4. The molecular formula is C21H22ClN3O3. The second kappa shape index (κ2) is 8.12. The van der Waals surface area contributed by atoms with Gasteiger partial charge in [0.25, 0.3) is 17.7 Å². The molecule has 3 N–H and O–H groups in total. The minimum Gasteiger partial charge on any atom is -0.348 e. The number of amides is 3. The van der Waals surface area contributed by atoms with E-state index in [1.165, 1.54) is 11.0 Å². The van der Waals surface area contributed by atoms with Crippen LogP contribution in [-0.2, 0) is 6.54 Å². The van der Waals surface area contributed by atoms with Gasteiger partial charge in [0.2, 0.25) is 0 Å². The van der Waals surface area contributed by atoms with Crippen LogP contribution in [0.5, 0.6) is 0 Å². The monoisotopic (exact) mass is 399 g/mol. The molecule has 146 valence electrons. The molecule has 2 aliphatic rings.